The van der Waals surface area contributed by atoms with E-state index in [2.05, 4.69) is 19.5 Å². The summed E-state index contributed by atoms with van der Waals surface area (Å²) in [6, 6.07) is 15.5. The van der Waals surface area contributed by atoms with Gasteiger partial charge in [0, 0.05) is 0 Å². The molecule has 5 rings (SSSR count). The van der Waals surface area contributed by atoms with Crippen LogP contribution in [0.5, 0.6) is 5.75 Å². The van der Waals surface area contributed by atoms with Crippen molar-refractivity contribution in [3.63, 3.8) is 0 Å². The summed E-state index contributed by atoms with van der Waals surface area (Å²) in [6.07, 6.45) is 3.74. The van der Waals surface area contributed by atoms with Gasteiger partial charge in [0.1, 0.15) is 5.75 Å². The highest BCUT2D eigenvalue weighted by atomic mass is 16.5. The summed E-state index contributed by atoms with van der Waals surface area (Å²) in [5, 5.41) is 9.63. The molecular weight excluding hydrogens is 378 g/mol. The van der Waals surface area contributed by atoms with Crippen molar-refractivity contribution >= 4 is 16.7 Å². The Morgan fingerprint density at radius 3 is 2.47 bits per heavy atom. The molecule has 0 spiro atoms. The first-order valence-corrected chi connectivity index (χ1v) is 10.5. The Morgan fingerprint density at radius 2 is 1.70 bits per heavy atom. The average molecular weight is 403 g/mol. The summed E-state index contributed by atoms with van der Waals surface area (Å²) >= 11 is 0. The number of nitrogens with zero attached hydrogens (tertiary/aromatic N) is 5. The van der Waals surface area contributed by atoms with E-state index in [1.807, 2.05) is 48.5 Å². The molecule has 2 aromatic carbocycles. The third-order valence-electron chi connectivity index (χ3n) is 5.89. The number of fused-ring (bicyclic) bond motifs is 3. The second kappa shape index (κ2) is 7.91. The number of rotatable bonds is 5. The van der Waals surface area contributed by atoms with Crippen molar-refractivity contribution in [1.29, 1.82) is 0 Å². The summed E-state index contributed by atoms with van der Waals surface area (Å²) in [4.78, 5) is 15.7. The van der Waals surface area contributed by atoms with Gasteiger partial charge in [-0.1, -0.05) is 30.7 Å². The summed E-state index contributed by atoms with van der Waals surface area (Å²) in [5.41, 5.74) is 1.82. The van der Waals surface area contributed by atoms with Gasteiger partial charge in [-0.25, -0.2) is 0 Å². The van der Waals surface area contributed by atoms with Crippen LogP contribution in [0, 0.1) is 0 Å². The van der Waals surface area contributed by atoms with Crippen LogP contribution in [-0.4, -0.2) is 44.3 Å². The van der Waals surface area contributed by atoms with Gasteiger partial charge >= 0.3 is 0 Å². The third-order valence-corrected chi connectivity index (χ3v) is 5.89. The maximum absolute atomic E-state index is 13.3. The number of hydrogen-bond donors (Lipinski definition) is 0. The highest BCUT2D eigenvalue weighted by Crippen LogP contribution is 2.19. The number of piperidine rings is 1. The van der Waals surface area contributed by atoms with Gasteiger partial charge in [-0.15, -0.1) is 10.2 Å². The maximum Gasteiger partial charge on any atom is 0.263 e. The van der Waals surface area contributed by atoms with Crippen molar-refractivity contribution in [2.24, 2.45) is 0 Å². The maximum atomic E-state index is 13.3. The fourth-order valence-electron chi connectivity index (χ4n) is 4.29. The molecule has 1 aliphatic heterocycles. The average Bonchev–Trinajstić information content (AvgIpc) is 3.21. The molecule has 0 aliphatic carbocycles. The zero-order valence-corrected chi connectivity index (χ0v) is 17.1. The first-order chi connectivity index (χ1) is 14.7. The molecule has 7 nitrogen and oxygen atoms in total. The van der Waals surface area contributed by atoms with Crippen LogP contribution in [0.2, 0.25) is 0 Å². The molecular formula is C23H25N5O2. The number of para-hydroxylation sites is 1. The van der Waals surface area contributed by atoms with Crippen LogP contribution < -0.4 is 10.3 Å². The van der Waals surface area contributed by atoms with E-state index in [4.69, 9.17) is 4.74 Å². The molecule has 4 aromatic rings. The number of hydrogen-bond acceptors (Lipinski definition) is 5. The molecule has 0 amide bonds. The molecule has 0 unspecified atom stereocenters. The van der Waals surface area contributed by atoms with Gasteiger partial charge in [0.05, 0.1) is 31.1 Å². The highest BCUT2D eigenvalue weighted by molar-refractivity contribution is 5.80. The lowest BCUT2D eigenvalue weighted by molar-refractivity contribution is 0.215. The molecule has 0 radical (unpaired) electrons. The quantitative estimate of drug-likeness (QED) is 0.512. The largest absolute Gasteiger partial charge is 0.497 e. The minimum atomic E-state index is -0.0501. The van der Waals surface area contributed by atoms with Gasteiger partial charge < -0.3 is 4.74 Å². The zero-order valence-electron chi connectivity index (χ0n) is 17.1. The SMILES string of the molecule is COc1ccc(Cn2c(=O)c3ccccc3n3c(CN4CCCCC4)nnc23)cc1. The second-order valence-corrected chi connectivity index (χ2v) is 7.84. The van der Waals surface area contributed by atoms with Crippen molar-refractivity contribution in [3.8, 4) is 5.75 Å². The number of aromatic nitrogens is 4. The molecule has 7 heteroatoms. The van der Waals surface area contributed by atoms with Crippen molar-refractivity contribution in [2.75, 3.05) is 20.2 Å². The van der Waals surface area contributed by atoms with Gasteiger partial charge in [-0.3, -0.25) is 18.7 Å². The van der Waals surface area contributed by atoms with Crippen LogP contribution in [0.25, 0.3) is 16.7 Å². The minimum absolute atomic E-state index is 0.0501. The lowest BCUT2D eigenvalue weighted by atomic mass is 10.1. The molecule has 0 atom stereocenters. The highest BCUT2D eigenvalue weighted by Gasteiger charge is 2.19. The van der Waals surface area contributed by atoms with E-state index in [1.165, 1.54) is 19.3 Å². The lowest BCUT2D eigenvalue weighted by Gasteiger charge is -2.25. The Kier molecular flexibility index (Phi) is 4.96. The van der Waals surface area contributed by atoms with Crippen LogP contribution in [-0.2, 0) is 13.1 Å². The van der Waals surface area contributed by atoms with E-state index < -0.39 is 0 Å². The van der Waals surface area contributed by atoms with E-state index in [9.17, 15) is 4.79 Å². The summed E-state index contributed by atoms with van der Waals surface area (Å²) in [5.74, 6) is 2.26. The predicted octanol–water partition coefficient (Wildman–Crippen LogP) is 3.09. The first kappa shape index (κ1) is 18.8. The van der Waals surface area contributed by atoms with Gasteiger partial charge in [-0.2, -0.15) is 0 Å². The molecule has 0 saturated carbocycles. The van der Waals surface area contributed by atoms with E-state index in [0.717, 1.165) is 42.3 Å². The van der Waals surface area contributed by atoms with Crippen LogP contribution >= 0.6 is 0 Å². The monoisotopic (exact) mass is 403 g/mol. The Hall–Kier alpha value is -3.19. The molecule has 30 heavy (non-hydrogen) atoms. The molecule has 3 heterocycles. The number of ether oxygens (including phenoxy) is 1. The molecule has 1 aliphatic rings. The standard InChI is InChI=1S/C23H25N5O2/c1-30-18-11-9-17(10-12-18)15-27-22(29)19-7-3-4-8-20(19)28-21(24-25-23(27)28)16-26-13-5-2-6-14-26/h3-4,7-12H,2,5-6,13-16H2,1H3. The van der Waals surface area contributed by atoms with Gasteiger partial charge in [0.15, 0.2) is 5.82 Å². The first-order valence-electron chi connectivity index (χ1n) is 10.5. The molecule has 1 fully saturated rings. The Bertz CT molecular complexity index is 1240. The summed E-state index contributed by atoms with van der Waals surface area (Å²) < 4.78 is 9.02. The zero-order chi connectivity index (χ0) is 20.5. The third kappa shape index (κ3) is 3.35. The molecule has 154 valence electrons. The van der Waals surface area contributed by atoms with Crippen molar-refractivity contribution < 1.29 is 4.74 Å². The molecule has 1 saturated heterocycles. The van der Waals surface area contributed by atoms with E-state index >= 15 is 0 Å². The summed E-state index contributed by atoms with van der Waals surface area (Å²) in [7, 11) is 1.65. The molecule has 2 aromatic heterocycles. The second-order valence-electron chi connectivity index (χ2n) is 7.84. The van der Waals surface area contributed by atoms with Crippen molar-refractivity contribution in [2.45, 2.75) is 32.4 Å². The van der Waals surface area contributed by atoms with Crippen LogP contribution in [0.3, 0.4) is 0 Å². The Morgan fingerprint density at radius 1 is 0.933 bits per heavy atom. The normalized spacial score (nSPS) is 15.1. The van der Waals surface area contributed by atoms with Gasteiger partial charge in [0.25, 0.3) is 5.56 Å². The van der Waals surface area contributed by atoms with Gasteiger partial charge in [-0.05, 0) is 55.8 Å². The van der Waals surface area contributed by atoms with Crippen LogP contribution in [0.15, 0.2) is 53.3 Å². The van der Waals surface area contributed by atoms with E-state index in [-0.39, 0.29) is 5.56 Å². The van der Waals surface area contributed by atoms with E-state index in [1.54, 1.807) is 11.7 Å². The molecule has 0 N–H and O–H groups in total. The van der Waals surface area contributed by atoms with Crippen molar-refractivity contribution in [1.82, 2.24) is 24.1 Å². The van der Waals surface area contributed by atoms with Crippen LogP contribution in [0.4, 0.5) is 0 Å². The Balaban J connectivity index is 1.63. The fourth-order valence-corrected chi connectivity index (χ4v) is 4.29. The number of benzene rings is 2. The van der Waals surface area contributed by atoms with Crippen LogP contribution in [0.1, 0.15) is 30.7 Å². The number of methoxy groups -OCH3 is 1. The predicted molar refractivity (Wildman–Crippen MR) is 116 cm³/mol. The summed E-state index contributed by atoms with van der Waals surface area (Å²) in [6.45, 7) is 3.33. The number of likely N-dealkylation sites (tertiary alicyclic amines) is 1. The lowest BCUT2D eigenvalue weighted by Crippen LogP contribution is -2.30. The molecule has 0 bridgehead atoms. The smallest absolute Gasteiger partial charge is 0.263 e. The van der Waals surface area contributed by atoms with E-state index in [0.29, 0.717) is 17.7 Å². The topological polar surface area (TPSA) is 64.7 Å². The van der Waals surface area contributed by atoms with Crippen molar-refractivity contribution in [3.05, 3.63) is 70.3 Å². The minimum Gasteiger partial charge on any atom is -0.497 e. The Labute approximate surface area is 174 Å². The fraction of sp³-hybridized carbons (Fsp3) is 0.348. The van der Waals surface area contributed by atoms with Gasteiger partial charge in [0.2, 0.25) is 5.78 Å².